The van der Waals surface area contributed by atoms with E-state index in [9.17, 15) is 14.4 Å². The molecule has 0 fully saturated rings. The van der Waals surface area contributed by atoms with Gasteiger partial charge in [-0.2, -0.15) is 15.5 Å². The van der Waals surface area contributed by atoms with Gasteiger partial charge in [-0.25, -0.2) is 4.39 Å². The van der Waals surface area contributed by atoms with Gasteiger partial charge < -0.3 is 10.6 Å². The smallest absolute Gasteiger partial charge is 0.259 e. The lowest BCUT2D eigenvalue weighted by atomic mass is 10.1. The second-order valence-electron chi connectivity index (χ2n) is 7.39. The zero-order valence-corrected chi connectivity index (χ0v) is 20.3. The topological polar surface area (TPSA) is 125 Å². The van der Waals surface area contributed by atoms with Gasteiger partial charge in [0, 0.05) is 55.4 Å². The average molecular weight is 496 g/mol. The third-order valence-electron chi connectivity index (χ3n) is 4.99. The van der Waals surface area contributed by atoms with Crippen LogP contribution in [0.15, 0.2) is 40.8 Å². The number of thiophene rings is 1. The van der Waals surface area contributed by atoms with E-state index in [0.717, 1.165) is 10.4 Å². The molecule has 1 amide bonds. The molecule has 0 aliphatic carbocycles. The van der Waals surface area contributed by atoms with Crippen LogP contribution in [0.25, 0.3) is 5.57 Å². The highest BCUT2D eigenvalue weighted by Crippen LogP contribution is 2.34. The van der Waals surface area contributed by atoms with E-state index >= 15 is 0 Å². The highest BCUT2D eigenvalue weighted by atomic mass is 32.1. The number of nitrogens with one attached hydrogen (secondary N) is 2. The number of carbonyl (C=O) groups is 1. The standard InChI is InChI=1S/C23H26FN9OS/c1-26-11-16(20-5-8-29-33(20)9-6-24)12-28-7-4-18-19(10-25)23(35-21(18)14-27-2)31-22(34)17-13-30-32(3)15-17/h5,8,11-13,15,27H,1,4,6-7,9,14H2,2-3H3,(H,31,34)/b16-11+,28-12?. The van der Waals surface area contributed by atoms with E-state index in [4.69, 9.17) is 0 Å². The molecule has 0 spiro atoms. The number of alkyl halides is 1. The quantitative estimate of drug-likeness (QED) is 0.374. The van der Waals surface area contributed by atoms with Gasteiger partial charge in [0.15, 0.2) is 0 Å². The van der Waals surface area contributed by atoms with E-state index in [-0.39, 0.29) is 12.5 Å². The first-order valence-corrected chi connectivity index (χ1v) is 11.6. The number of hydrogen-bond acceptors (Lipinski definition) is 8. The van der Waals surface area contributed by atoms with Crippen LogP contribution in [-0.2, 0) is 26.6 Å². The van der Waals surface area contributed by atoms with Gasteiger partial charge in [0.2, 0.25) is 0 Å². The molecule has 0 radical (unpaired) electrons. The lowest BCUT2D eigenvalue weighted by Crippen LogP contribution is -2.11. The van der Waals surface area contributed by atoms with Crippen LogP contribution < -0.4 is 10.6 Å². The van der Waals surface area contributed by atoms with Crippen molar-refractivity contribution in [3.63, 3.8) is 0 Å². The van der Waals surface area contributed by atoms with Crippen molar-refractivity contribution in [2.45, 2.75) is 19.5 Å². The number of rotatable bonds is 12. The molecule has 182 valence electrons. The highest BCUT2D eigenvalue weighted by Gasteiger charge is 2.20. The van der Waals surface area contributed by atoms with Crippen LogP contribution >= 0.6 is 11.3 Å². The summed E-state index contributed by atoms with van der Waals surface area (Å²) in [5, 5.41) is 24.4. The SMILES string of the molecule is C=N/C=C(\C=NCCc1c(CNC)sc(NC(=O)c2cnn(C)c2)c1C#N)c1ccnn1CCF. The first-order valence-electron chi connectivity index (χ1n) is 10.8. The van der Waals surface area contributed by atoms with E-state index in [0.29, 0.717) is 46.9 Å². The van der Waals surface area contributed by atoms with Crippen LogP contribution in [0.4, 0.5) is 9.39 Å². The van der Waals surface area contributed by atoms with Crippen LogP contribution in [0.2, 0.25) is 0 Å². The Balaban J connectivity index is 1.78. The van der Waals surface area contributed by atoms with Crippen LogP contribution in [0.3, 0.4) is 0 Å². The first kappa shape index (κ1) is 25.7. The van der Waals surface area contributed by atoms with Crippen LogP contribution in [0.1, 0.15) is 32.1 Å². The van der Waals surface area contributed by atoms with Crippen LogP contribution in [-0.4, -0.2) is 58.7 Å². The zero-order chi connectivity index (χ0) is 25.2. The molecule has 0 aliphatic rings. The van der Waals surface area contributed by atoms with Gasteiger partial charge in [0.05, 0.1) is 29.6 Å². The molecule has 0 saturated carbocycles. The van der Waals surface area contributed by atoms with Gasteiger partial charge in [-0.1, -0.05) is 0 Å². The van der Waals surface area contributed by atoms with Crippen molar-refractivity contribution in [1.29, 1.82) is 5.26 Å². The molecular formula is C23H26FN9OS. The fourth-order valence-electron chi connectivity index (χ4n) is 3.44. The third-order valence-corrected chi connectivity index (χ3v) is 6.14. The second-order valence-corrected chi connectivity index (χ2v) is 8.49. The molecule has 3 aromatic rings. The molecule has 3 heterocycles. The summed E-state index contributed by atoms with van der Waals surface area (Å²) in [6.45, 7) is 4.03. The van der Waals surface area contributed by atoms with Crippen molar-refractivity contribution in [2.75, 3.05) is 25.6 Å². The molecule has 3 rings (SSSR count). The van der Waals surface area contributed by atoms with E-state index < -0.39 is 6.67 Å². The molecule has 0 atom stereocenters. The Morgan fingerprint density at radius 3 is 2.91 bits per heavy atom. The monoisotopic (exact) mass is 495 g/mol. The Morgan fingerprint density at radius 2 is 2.26 bits per heavy atom. The number of aliphatic imine (C=N–C) groups is 2. The fraction of sp³-hybridized carbons (Fsp3) is 0.304. The Morgan fingerprint density at radius 1 is 1.43 bits per heavy atom. The molecule has 35 heavy (non-hydrogen) atoms. The molecule has 10 nitrogen and oxygen atoms in total. The maximum atomic E-state index is 12.8. The van der Waals surface area contributed by atoms with Crippen molar-refractivity contribution in [1.82, 2.24) is 24.9 Å². The van der Waals surface area contributed by atoms with E-state index in [1.807, 2.05) is 7.05 Å². The van der Waals surface area contributed by atoms with Crippen LogP contribution in [0, 0.1) is 11.3 Å². The highest BCUT2D eigenvalue weighted by molar-refractivity contribution is 7.16. The van der Waals surface area contributed by atoms with Gasteiger partial charge in [0.25, 0.3) is 5.91 Å². The molecule has 0 unspecified atom stereocenters. The van der Waals surface area contributed by atoms with Crippen LogP contribution in [0.5, 0.6) is 0 Å². The number of nitriles is 1. The molecule has 0 aromatic carbocycles. The summed E-state index contributed by atoms with van der Waals surface area (Å²) in [6.07, 6.45) is 8.35. The molecule has 0 saturated heterocycles. The zero-order valence-electron chi connectivity index (χ0n) is 19.5. The van der Waals surface area contributed by atoms with E-state index in [2.05, 4.69) is 43.6 Å². The number of nitrogens with zero attached hydrogens (tertiary/aromatic N) is 7. The summed E-state index contributed by atoms with van der Waals surface area (Å²) in [5.41, 5.74) is 3.01. The van der Waals surface area contributed by atoms with Crippen molar-refractivity contribution in [2.24, 2.45) is 17.0 Å². The molecule has 0 bridgehead atoms. The lowest BCUT2D eigenvalue weighted by Gasteiger charge is -2.06. The Kier molecular flexibility index (Phi) is 9.16. The van der Waals surface area contributed by atoms with Crippen molar-refractivity contribution < 1.29 is 9.18 Å². The molecule has 0 aliphatic heterocycles. The number of amides is 1. The Bertz CT molecular complexity index is 1280. The normalized spacial score (nSPS) is 11.7. The predicted octanol–water partition coefficient (Wildman–Crippen LogP) is 2.85. The summed E-state index contributed by atoms with van der Waals surface area (Å²) >= 11 is 1.37. The summed E-state index contributed by atoms with van der Waals surface area (Å²) in [7, 11) is 3.55. The third kappa shape index (κ3) is 6.34. The minimum Gasteiger partial charge on any atom is -0.315 e. The summed E-state index contributed by atoms with van der Waals surface area (Å²) in [6, 6.07) is 3.99. The summed E-state index contributed by atoms with van der Waals surface area (Å²) < 4.78 is 15.9. The van der Waals surface area contributed by atoms with Crippen molar-refractivity contribution >= 4 is 40.8 Å². The van der Waals surface area contributed by atoms with Gasteiger partial charge in [-0.05, 0) is 31.8 Å². The second kappa shape index (κ2) is 12.5. The summed E-state index contributed by atoms with van der Waals surface area (Å²) in [5.74, 6) is -0.326. The average Bonchev–Trinajstić information content (AvgIpc) is 3.56. The summed E-state index contributed by atoms with van der Waals surface area (Å²) in [4.78, 5) is 21.9. The fourth-order valence-corrected chi connectivity index (χ4v) is 4.64. The number of allylic oxidation sites excluding steroid dienone is 1. The minimum atomic E-state index is -0.538. The molecule has 2 N–H and O–H groups in total. The van der Waals surface area contributed by atoms with Gasteiger partial charge >= 0.3 is 0 Å². The maximum absolute atomic E-state index is 12.8. The molecule has 3 aromatic heterocycles. The number of anilines is 1. The van der Waals surface area contributed by atoms with Gasteiger partial charge in [0.1, 0.15) is 17.7 Å². The van der Waals surface area contributed by atoms with Gasteiger partial charge in [-0.3, -0.25) is 24.1 Å². The Hall–Kier alpha value is -3.95. The molecular weight excluding hydrogens is 469 g/mol. The number of carbonyl (C=O) groups excluding carboxylic acids is 1. The largest absolute Gasteiger partial charge is 0.315 e. The number of aromatic nitrogens is 4. The van der Waals surface area contributed by atoms with E-state index in [1.54, 1.807) is 42.6 Å². The lowest BCUT2D eigenvalue weighted by molar-refractivity contribution is 0.102. The van der Waals surface area contributed by atoms with Gasteiger partial charge in [-0.15, -0.1) is 11.3 Å². The Labute approximate surface area is 206 Å². The number of hydrogen-bond donors (Lipinski definition) is 2. The predicted molar refractivity (Wildman–Crippen MR) is 136 cm³/mol. The number of halogens is 1. The van der Waals surface area contributed by atoms with Crippen molar-refractivity contribution in [3.05, 3.63) is 58.1 Å². The maximum Gasteiger partial charge on any atom is 0.259 e. The van der Waals surface area contributed by atoms with E-state index in [1.165, 1.54) is 22.2 Å². The first-order chi connectivity index (χ1) is 17.0. The molecule has 12 heteroatoms. The minimum absolute atomic E-state index is 0.131. The number of aryl methyl sites for hydroxylation is 2. The van der Waals surface area contributed by atoms with Crippen molar-refractivity contribution in [3.8, 4) is 6.07 Å².